The van der Waals surface area contributed by atoms with E-state index in [2.05, 4.69) is 5.32 Å². The molecule has 0 aliphatic carbocycles. The molecule has 0 saturated carbocycles. The van der Waals surface area contributed by atoms with E-state index < -0.39 is 23.8 Å². The third-order valence-electron chi connectivity index (χ3n) is 3.75. The summed E-state index contributed by atoms with van der Waals surface area (Å²) in [6.45, 7) is 0. The molecule has 0 spiro atoms. The quantitative estimate of drug-likeness (QED) is 0.524. The Labute approximate surface area is 170 Å². The van der Waals surface area contributed by atoms with Crippen LogP contribution in [0, 0.1) is 5.82 Å². The Morgan fingerprint density at radius 3 is 2.46 bits per heavy atom. The first-order chi connectivity index (χ1) is 13.6. The standard InChI is InChI=1S/C21H18FNO3S2/c22-16-8-10-17(11-9-16)23-21(25)20(15-5-2-1-3-6-15)26-19(24)14-27-13-18-7-4-12-28-18/h1-12,20H,13-14H2,(H,23,25)/t20-/m0/s1. The van der Waals surface area contributed by atoms with Crippen LogP contribution in [-0.2, 0) is 20.1 Å². The summed E-state index contributed by atoms with van der Waals surface area (Å²) in [5.74, 6) is -0.499. The minimum absolute atomic E-state index is 0.144. The molecule has 1 atom stereocenters. The molecular formula is C21H18FNO3S2. The molecule has 28 heavy (non-hydrogen) atoms. The monoisotopic (exact) mass is 415 g/mol. The largest absolute Gasteiger partial charge is 0.447 e. The third kappa shape index (κ3) is 5.94. The van der Waals surface area contributed by atoms with Gasteiger partial charge in [-0.3, -0.25) is 9.59 Å². The minimum Gasteiger partial charge on any atom is -0.447 e. The maximum absolute atomic E-state index is 13.1. The van der Waals surface area contributed by atoms with E-state index in [4.69, 9.17) is 4.74 Å². The van der Waals surface area contributed by atoms with Gasteiger partial charge in [0.05, 0.1) is 5.75 Å². The maximum atomic E-state index is 13.1. The van der Waals surface area contributed by atoms with Crippen molar-refractivity contribution in [3.63, 3.8) is 0 Å². The van der Waals surface area contributed by atoms with Gasteiger partial charge in [-0.25, -0.2) is 4.39 Å². The van der Waals surface area contributed by atoms with Crippen molar-refractivity contribution in [1.29, 1.82) is 0 Å². The van der Waals surface area contributed by atoms with E-state index in [1.165, 1.54) is 40.9 Å². The number of halogens is 1. The number of carbonyl (C=O) groups excluding carboxylic acids is 2. The summed E-state index contributed by atoms with van der Waals surface area (Å²) in [6.07, 6.45) is -1.08. The highest BCUT2D eigenvalue weighted by atomic mass is 32.2. The van der Waals surface area contributed by atoms with Gasteiger partial charge in [0.25, 0.3) is 5.91 Å². The lowest BCUT2D eigenvalue weighted by Crippen LogP contribution is -2.26. The average Bonchev–Trinajstić information content (AvgIpc) is 3.22. The van der Waals surface area contributed by atoms with E-state index in [1.807, 2.05) is 23.6 Å². The van der Waals surface area contributed by atoms with Gasteiger partial charge in [0.15, 0.2) is 0 Å². The summed E-state index contributed by atoms with van der Waals surface area (Å²) in [7, 11) is 0. The molecule has 0 bridgehead atoms. The first-order valence-electron chi connectivity index (χ1n) is 8.53. The number of benzene rings is 2. The second kappa shape index (κ2) is 10.1. The van der Waals surface area contributed by atoms with Crippen molar-refractivity contribution in [2.75, 3.05) is 11.1 Å². The summed E-state index contributed by atoms with van der Waals surface area (Å²) in [5.41, 5.74) is 0.995. The van der Waals surface area contributed by atoms with Crippen LogP contribution in [0.1, 0.15) is 16.5 Å². The Morgan fingerprint density at radius 2 is 1.79 bits per heavy atom. The Hall–Kier alpha value is -2.64. The lowest BCUT2D eigenvalue weighted by Gasteiger charge is -2.18. The number of hydrogen-bond acceptors (Lipinski definition) is 5. The second-order valence-corrected chi connectivity index (χ2v) is 7.87. The SMILES string of the molecule is O=C(CSCc1cccs1)O[C@H](C(=O)Nc1ccc(F)cc1)c1ccccc1. The van der Waals surface area contributed by atoms with Crippen molar-refractivity contribution < 1.29 is 18.7 Å². The average molecular weight is 416 g/mol. The van der Waals surface area contributed by atoms with Gasteiger partial charge in [-0.15, -0.1) is 23.1 Å². The Bertz CT molecular complexity index is 899. The van der Waals surface area contributed by atoms with Crippen LogP contribution in [0.4, 0.5) is 10.1 Å². The molecule has 7 heteroatoms. The molecule has 0 aliphatic rings. The molecular weight excluding hydrogens is 397 g/mol. The van der Waals surface area contributed by atoms with Crippen molar-refractivity contribution in [2.24, 2.45) is 0 Å². The van der Waals surface area contributed by atoms with Gasteiger partial charge in [-0.2, -0.15) is 0 Å². The molecule has 0 fully saturated rings. The molecule has 144 valence electrons. The van der Waals surface area contributed by atoms with Crippen molar-refractivity contribution in [3.8, 4) is 0 Å². The van der Waals surface area contributed by atoms with Crippen LogP contribution in [0.2, 0.25) is 0 Å². The van der Waals surface area contributed by atoms with E-state index in [0.29, 0.717) is 17.0 Å². The van der Waals surface area contributed by atoms with Crippen LogP contribution in [0.3, 0.4) is 0 Å². The van der Waals surface area contributed by atoms with Crippen molar-refractivity contribution in [1.82, 2.24) is 0 Å². The zero-order valence-corrected chi connectivity index (χ0v) is 16.5. The van der Waals surface area contributed by atoms with Crippen LogP contribution in [0.5, 0.6) is 0 Å². The number of thioether (sulfide) groups is 1. The zero-order valence-electron chi connectivity index (χ0n) is 14.8. The number of nitrogens with one attached hydrogen (secondary N) is 1. The fourth-order valence-electron chi connectivity index (χ4n) is 2.44. The van der Waals surface area contributed by atoms with Gasteiger partial charge in [0.2, 0.25) is 6.10 Å². The first kappa shape index (κ1) is 20.1. The number of hydrogen-bond donors (Lipinski definition) is 1. The summed E-state index contributed by atoms with van der Waals surface area (Å²) in [4.78, 5) is 26.2. The van der Waals surface area contributed by atoms with Crippen molar-refractivity contribution >= 4 is 40.7 Å². The molecule has 1 amide bonds. The molecule has 1 aromatic heterocycles. The molecule has 0 saturated heterocycles. The molecule has 0 aliphatic heterocycles. The van der Waals surface area contributed by atoms with Crippen LogP contribution >= 0.6 is 23.1 Å². The van der Waals surface area contributed by atoms with Gasteiger partial charge < -0.3 is 10.1 Å². The highest BCUT2D eigenvalue weighted by molar-refractivity contribution is 7.99. The third-order valence-corrected chi connectivity index (χ3v) is 5.76. The number of thiophene rings is 1. The molecule has 2 aromatic carbocycles. The molecule has 1 N–H and O–H groups in total. The van der Waals surface area contributed by atoms with E-state index in [1.54, 1.807) is 35.6 Å². The van der Waals surface area contributed by atoms with Gasteiger partial charge in [0.1, 0.15) is 5.82 Å². The van der Waals surface area contributed by atoms with E-state index in [-0.39, 0.29) is 5.75 Å². The van der Waals surface area contributed by atoms with E-state index >= 15 is 0 Å². The number of amides is 1. The highest BCUT2D eigenvalue weighted by Gasteiger charge is 2.25. The number of ether oxygens (including phenoxy) is 1. The zero-order chi connectivity index (χ0) is 19.8. The highest BCUT2D eigenvalue weighted by Crippen LogP contribution is 2.22. The van der Waals surface area contributed by atoms with Gasteiger partial charge in [-0.1, -0.05) is 36.4 Å². The van der Waals surface area contributed by atoms with Crippen LogP contribution < -0.4 is 5.32 Å². The Kier molecular flexibility index (Phi) is 7.22. The number of anilines is 1. The van der Waals surface area contributed by atoms with E-state index in [9.17, 15) is 14.0 Å². The molecule has 0 unspecified atom stereocenters. The number of esters is 1. The summed E-state index contributed by atoms with van der Waals surface area (Å²) in [6, 6.07) is 18.2. The van der Waals surface area contributed by atoms with Gasteiger partial charge in [-0.05, 0) is 35.7 Å². The summed E-state index contributed by atoms with van der Waals surface area (Å²) >= 11 is 3.06. The molecule has 1 heterocycles. The molecule has 4 nitrogen and oxygen atoms in total. The summed E-state index contributed by atoms with van der Waals surface area (Å²) < 4.78 is 18.5. The normalized spacial score (nSPS) is 11.6. The minimum atomic E-state index is -1.08. The maximum Gasteiger partial charge on any atom is 0.317 e. The number of carbonyl (C=O) groups is 2. The van der Waals surface area contributed by atoms with Gasteiger partial charge >= 0.3 is 5.97 Å². The Balaban J connectivity index is 1.63. The van der Waals surface area contributed by atoms with Crippen molar-refractivity contribution in [3.05, 3.63) is 88.4 Å². The van der Waals surface area contributed by atoms with Gasteiger partial charge in [0, 0.05) is 21.9 Å². The lowest BCUT2D eigenvalue weighted by atomic mass is 10.1. The van der Waals surface area contributed by atoms with Crippen molar-refractivity contribution in [2.45, 2.75) is 11.9 Å². The molecule has 0 radical (unpaired) electrons. The lowest BCUT2D eigenvalue weighted by molar-refractivity contribution is -0.152. The number of rotatable bonds is 8. The summed E-state index contributed by atoms with van der Waals surface area (Å²) in [5, 5.41) is 4.65. The smallest absolute Gasteiger partial charge is 0.317 e. The van der Waals surface area contributed by atoms with Crippen LogP contribution in [0.25, 0.3) is 0 Å². The molecule has 3 aromatic rings. The Morgan fingerprint density at radius 1 is 1.04 bits per heavy atom. The fourth-order valence-corrected chi connectivity index (χ4v) is 4.08. The van der Waals surface area contributed by atoms with E-state index in [0.717, 1.165) is 0 Å². The van der Waals surface area contributed by atoms with Crippen LogP contribution in [0.15, 0.2) is 72.1 Å². The fraction of sp³-hybridized carbons (Fsp3) is 0.143. The van der Waals surface area contributed by atoms with Crippen LogP contribution in [-0.4, -0.2) is 17.6 Å². The first-order valence-corrected chi connectivity index (χ1v) is 10.6. The topological polar surface area (TPSA) is 55.4 Å². The second-order valence-electron chi connectivity index (χ2n) is 5.85. The predicted octanol–water partition coefficient (Wildman–Crippen LogP) is 5.04. The molecule has 3 rings (SSSR count). The predicted molar refractivity (Wildman–Crippen MR) is 111 cm³/mol.